The summed E-state index contributed by atoms with van der Waals surface area (Å²) in [5.74, 6) is 1.63. The molecule has 0 aliphatic carbocycles. The topological polar surface area (TPSA) is 52.1 Å². The second-order valence-electron chi connectivity index (χ2n) is 5.10. The minimum atomic E-state index is 0.0444. The average molecular weight is 377 g/mol. The molecule has 2 heterocycles. The molecule has 0 aliphatic rings. The van der Waals surface area contributed by atoms with Crippen LogP contribution in [0.4, 0.5) is 0 Å². The lowest BCUT2D eigenvalue weighted by Crippen LogP contribution is -1.91. The molecule has 1 aromatic carbocycles. The van der Waals surface area contributed by atoms with Crippen LogP contribution in [0.1, 0.15) is 27.2 Å². The predicted molar refractivity (Wildman–Crippen MR) is 101 cm³/mol. The molecule has 0 N–H and O–H groups in total. The van der Waals surface area contributed by atoms with Gasteiger partial charge in [-0.05, 0) is 24.6 Å². The number of aromatic nitrogens is 2. The number of ether oxygens (including phenoxy) is 1. The highest BCUT2D eigenvalue weighted by molar-refractivity contribution is 7.98. The van der Waals surface area contributed by atoms with Gasteiger partial charge in [-0.2, -0.15) is 0 Å². The number of hydrogen-bond donors (Lipinski definition) is 0. The van der Waals surface area contributed by atoms with E-state index in [9.17, 15) is 4.79 Å². The van der Waals surface area contributed by atoms with Gasteiger partial charge in [0.2, 0.25) is 0 Å². The molecule has 0 fully saturated rings. The Morgan fingerprint density at radius 3 is 2.58 bits per heavy atom. The van der Waals surface area contributed by atoms with Gasteiger partial charge >= 0.3 is 0 Å². The van der Waals surface area contributed by atoms with Crippen LogP contribution < -0.4 is 4.74 Å². The van der Waals surface area contributed by atoms with Crippen molar-refractivity contribution < 1.29 is 9.53 Å². The lowest BCUT2D eigenvalue weighted by atomic mass is 10.2. The van der Waals surface area contributed by atoms with Crippen LogP contribution >= 0.6 is 34.4 Å². The van der Waals surface area contributed by atoms with E-state index in [4.69, 9.17) is 4.74 Å². The number of Topliss-reactive ketones (excluding diaryl/α,β-unsaturated/α-hetero) is 1. The molecule has 0 unspecified atom stereocenters. The highest BCUT2D eigenvalue weighted by Gasteiger charge is 2.18. The lowest BCUT2D eigenvalue weighted by molar-refractivity contribution is 0.101. The van der Waals surface area contributed by atoms with Gasteiger partial charge in [-0.1, -0.05) is 12.1 Å². The molecule has 0 bridgehead atoms. The lowest BCUT2D eigenvalue weighted by Gasteiger charge is -2.03. The maximum atomic E-state index is 11.9. The van der Waals surface area contributed by atoms with E-state index >= 15 is 0 Å². The van der Waals surface area contributed by atoms with Crippen molar-refractivity contribution >= 4 is 40.2 Å². The molecule has 0 spiro atoms. The smallest absolute Gasteiger partial charge is 0.172 e. The largest absolute Gasteiger partial charge is 0.497 e. The first-order valence-corrected chi connectivity index (χ1v) is 9.95. The Labute approximate surface area is 152 Å². The van der Waals surface area contributed by atoms with Crippen LogP contribution in [0.3, 0.4) is 0 Å². The number of carbonyl (C=O) groups is 1. The van der Waals surface area contributed by atoms with Crippen molar-refractivity contribution in [1.82, 2.24) is 9.97 Å². The van der Waals surface area contributed by atoms with Gasteiger partial charge in [0.05, 0.1) is 12.1 Å². The van der Waals surface area contributed by atoms with Crippen LogP contribution in [0.2, 0.25) is 0 Å². The maximum absolute atomic E-state index is 11.9. The zero-order chi connectivity index (χ0) is 17.1. The Hall–Kier alpha value is -1.70. The molecule has 4 nitrogen and oxygen atoms in total. The van der Waals surface area contributed by atoms with Crippen LogP contribution in [-0.4, -0.2) is 22.9 Å². The molecule has 0 aliphatic heterocycles. The second-order valence-corrected chi connectivity index (χ2v) is 8.12. The van der Waals surface area contributed by atoms with Gasteiger partial charge in [-0.3, -0.25) is 4.79 Å². The summed E-state index contributed by atoms with van der Waals surface area (Å²) in [5.41, 5.74) is 2.01. The predicted octanol–water partition coefficient (Wildman–Crippen LogP) is 5.08. The third-order valence-corrected chi connectivity index (χ3v) is 6.42. The summed E-state index contributed by atoms with van der Waals surface area (Å²) in [6.45, 7) is 3.55. The van der Waals surface area contributed by atoms with Gasteiger partial charge in [0, 0.05) is 18.1 Å². The van der Waals surface area contributed by atoms with E-state index in [-0.39, 0.29) is 5.78 Å². The van der Waals surface area contributed by atoms with Crippen molar-refractivity contribution in [2.24, 2.45) is 0 Å². The van der Waals surface area contributed by atoms with Crippen LogP contribution in [0.15, 0.2) is 34.7 Å². The molecule has 7 heteroatoms. The Balaban J connectivity index is 1.80. The number of hydrogen-bond acceptors (Lipinski definition) is 7. The van der Waals surface area contributed by atoms with Gasteiger partial charge in [0.1, 0.15) is 26.4 Å². The molecule has 124 valence electrons. The summed E-state index contributed by atoms with van der Waals surface area (Å²) >= 11 is 4.58. The minimum absolute atomic E-state index is 0.0444. The van der Waals surface area contributed by atoms with Gasteiger partial charge in [-0.25, -0.2) is 9.97 Å². The molecular weight excluding hydrogens is 360 g/mol. The molecule has 2 aromatic heterocycles. The maximum Gasteiger partial charge on any atom is 0.172 e. The van der Waals surface area contributed by atoms with E-state index in [0.29, 0.717) is 4.88 Å². The van der Waals surface area contributed by atoms with E-state index in [2.05, 4.69) is 9.97 Å². The summed E-state index contributed by atoms with van der Waals surface area (Å²) in [6.07, 6.45) is 0. The van der Waals surface area contributed by atoms with Gasteiger partial charge in [-0.15, -0.1) is 34.4 Å². The Morgan fingerprint density at radius 1 is 1.25 bits per heavy atom. The summed E-state index contributed by atoms with van der Waals surface area (Å²) < 4.78 is 5.17. The number of methoxy groups -OCH3 is 1. The molecule has 3 rings (SSSR count). The number of aryl methyl sites for hydroxylation is 1. The first-order valence-electron chi connectivity index (χ1n) is 7.27. The quantitative estimate of drug-likeness (QED) is 0.444. The van der Waals surface area contributed by atoms with E-state index in [1.54, 1.807) is 37.1 Å². The van der Waals surface area contributed by atoms with E-state index in [1.165, 1.54) is 11.3 Å². The fraction of sp³-hybridized carbons (Fsp3) is 0.235. The molecule has 24 heavy (non-hydrogen) atoms. The number of nitrogens with zero attached hydrogens (tertiary/aromatic N) is 2. The van der Waals surface area contributed by atoms with Crippen molar-refractivity contribution in [3.8, 4) is 16.5 Å². The number of carbonyl (C=O) groups excluding carboxylic acids is 1. The van der Waals surface area contributed by atoms with E-state index in [0.717, 1.165) is 37.8 Å². The zero-order valence-corrected chi connectivity index (χ0v) is 16.0. The average Bonchev–Trinajstić information content (AvgIpc) is 3.19. The van der Waals surface area contributed by atoms with Crippen LogP contribution in [0, 0.1) is 6.92 Å². The number of ketones is 1. The third-order valence-electron chi connectivity index (χ3n) is 3.29. The fourth-order valence-electron chi connectivity index (χ4n) is 2.07. The fourth-order valence-corrected chi connectivity index (χ4v) is 4.85. The standard InChI is InChI=1S/C17H16N2O2S3/c1-10(20)15-17(19-16(24-15)14-9-22-11(2)18-14)23-8-12-4-6-13(21-3)7-5-12/h4-7,9H,8H2,1-3H3. The molecule has 0 saturated heterocycles. The Bertz CT molecular complexity index is 853. The van der Waals surface area contributed by atoms with Crippen LogP contribution in [0.25, 0.3) is 10.7 Å². The van der Waals surface area contributed by atoms with Crippen molar-refractivity contribution in [2.45, 2.75) is 24.6 Å². The number of thioether (sulfide) groups is 1. The summed E-state index contributed by atoms with van der Waals surface area (Å²) in [7, 11) is 1.65. The normalized spacial score (nSPS) is 10.8. The monoisotopic (exact) mass is 376 g/mol. The Kier molecular flexibility index (Phi) is 5.33. The number of benzene rings is 1. The molecule has 3 aromatic rings. The first-order chi connectivity index (χ1) is 11.6. The van der Waals surface area contributed by atoms with Crippen molar-refractivity contribution in [1.29, 1.82) is 0 Å². The Morgan fingerprint density at radius 2 is 2.00 bits per heavy atom. The summed E-state index contributed by atoms with van der Waals surface area (Å²) in [5, 5.41) is 4.57. The van der Waals surface area contributed by atoms with Gasteiger partial charge in [0.25, 0.3) is 0 Å². The van der Waals surface area contributed by atoms with Gasteiger partial charge < -0.3 is 4.74 Å². The third kappa shape index (κ3) is 3.85. The second kappa shape index (κ2) is 7.46. The van der Waals surface area contributed by atoms with E-state index < -0.39 is 0 Å². The minimum Gasteiger partial charge on any atom is -0.497 e. The number of thiazole rings is 2. The van der Waals surface area contributed by atoms with Crippen LogP contribution in [0.5, 0.6) is 5.75 Å². The SMILES string of the molecule is COc1ccc(CSc2nc(-c3csc(C)n3)sc2C(C)=O)cc1. The number of rotatable bonds is 6. The zero-order valence-electron chi connectivity index (χ0n) is 13.5. The molecule has 0 radical (unpaired) electrons. The van der Waals surface area contributed by atoms with Crippen molar-refractivity contribution in [2.75, 3.05) is 7.11 Å². The van der Waals surface area contributed by atoms with Crippen molar-refractivity contribution in [3.63, 3.8) is 0 Å². The first kappa shape index (κ1) is 17.1. The van der Waals surface area contributed by atoms with E-state index in [1.807, 2.05) is 36.6 Å². The van der Waals surface area contributed by atoms with Gasteiger partial charge in [0.15, 0.2) is 5.78 Å². The highest BCUT2D eigenvalue weighted by atomic mass is 32.2. The molecule has 0 amide bonds. The van der Waals surface area contributed by atoms with Crippen molar-refractivity contribution in [3.05, 3.63) is 45.1 Å². The highest BCUT2D eigenvalue weighted by Crippen LogP contribution is 2.35. The summed E-state index contributed by atoms with van der Waals surface area (Å²) in [4.78, 5) is 21.7. The molecule has 0 saturated carbocycles. The molecule has 0 atom stereocenters. The summed E-state index contributed by atoms with van der Waals surface area (Å²) in [6, 6.07) is 7.92. The van der Waals surface area contributed by atoms with Crippen LogP contribution in [-0.2, 0) is 5.75 Å². The molecular formula is C17H16N2O2S3.